The SMILES string of the molecule is CCc1ncnc(NC[C@@H]2CCO[C@H]2c2ccnn2CC)c1F. The third kappa shape index (κ3) is 3.19. The van der Waals surface area contributed by atoms with Crippen molar-refractivity contribution in [2.45, 2.75) is 39.3 Å². The zero-order chi connectivity index (χ0) is 16.2. The summed E-state index contributed by atoms with van der Waals surface area (Å²) in [4.78, 5) is 7.97. The second-order valence-corrected chi connectivity index (χ2v) is 5.63. The van der Waals surface area contributed by atoms with Crippen LogP contribution in [0.4, 0.5) is 10.2 Å². The molecule has 0 amide bonds. The number of hydrogen-bond donors (Lipinski definition) is 1. The molecule has 6 nitrogen and oxygen atoms in total. The summed E-state index contributed by atoms with van der Waals surface area (Å²) in [6.07, 6.45) is 4.66. The Labute approximate surface area is 135 Å². The molecule has 23 heavy (non-hydrogen) atoms. The van der Waals surface area contributed by atoms with Gasteiger partial charge in [-0.25, -0.2) is 14.4 Å². The predicted molar refractivity (Wildman–Crippen MR) is 84.6 cm³/mol. The Morgan fingerprint density at radius 3 is 3.04 bits per heavy atom. The minimum Gasteiger partial charge on any atom is -0.372 e. The van der Waals surface area contributed by atoms with Crippen LogP contribution in [0.25, 0.3) is 0 Å². The number of hydrogen-bond acceptors (Lipinski definition) is 5. The van der Waals surface area contributed by atoms with Gasteiger partial charge in [-0.1, -0.05) is 6.92 Å². The van der Waals surface area contributed by atoms with Gasteiger partial charge < -0.3 is 10.1 Å². The molecule has 3 heterocycles. The average molecular weight is 319 g/mol. The summed E-state index contributed by atoms with van der Waals surface area (Å²) >= 11 is 0. The average Bonchev–Trinajstić information content (AvgIpc) is 3.22. The summed E-state index contributed by atoms with van der Waals surface area (Å²) in [5.41, 5.74) is 1.51. The molecule has 1 fully saturated rings. The van der Waals surface area contributed by atoms with Gasteiger partial charge in [0.15, 0.2) is 11.6 Å². The summed E-state index contributed by atoms with van der Waals surface area (Å²) in [6, 6.07) is 1.99. The molecule has 0 aliphatic carbocycles. The molecule has 1 saturated heterocycles. The lowest BCUT2D eigenvalue weighted by molar-refractivity contribution is 0.0858. The van der Waals surface area contributed by atoms with Gasteiger partial charge in [0, 0.05) is 31.8 Å². The summed E-state index contributed by atoms with van der Waals surface area (Å²) in [5.74, 6) is 0.173. The molecule has 1 aliphatic heterocycles. The van der Waals surface area contributed by atoms with Crippen LogP contribution in [0.3, 0.4) is 0 Å². The fourth-order valence-electron chi connectivity index (χ4n) is 3.02. The topological polar surface area (TPSA) is 64.9 Å². The maximum absolute atomic E-state index is 14.2. The molecular weight excluding hydrogens is 297 g/mol. The lowest BCUT2D eigenvalue weighted by atomic mass is 9.99. The Morgan fingerprint density at radius 2 is 2.26 bits per heavy atom. The first-order valence-corrected chi connectivity index (χ1v) is 8.11. The highest BCUT2D eigenvalue weighted by atomic mass is 19.1. The molecule has 0 unspecified atom stereocenters. The van der Waals surface area contributed by atoms with Crippen molar-refractivity contribution in [3.8, 4) is 0 Å². The van der Waals surface area contributed by atoms with Crippen LogP contribution in [0.2, 0.25) is 0 Å². The second-order valence-electron chi connectivity index (χ2n) is 5.63. The van der Waals surface area contributed by atoms with Gasteiger partial charge >= 0.3 is 0 Å². The fourth-order valence-corrected chi connectivity index (χ4v) is 3.02. The Balaban J connectivity index is 1.70. The Bertz CT molecular complexity index is 660. The van der Waals surface area contributed by atoms with Crippen molar-refractivity contribution >= 4 is 5.82 Å². The van der Waals surface area contributed by atoms with Gasteiger partial charge in [-0.15, -0.1) is 0 Å². The maximum atomic E-state index is 14.2. The quantitative estimate of drug-likeness (QED) is 0.886. The van der Waals surface area contributed by atoms with Crippen molar-refractivity contribution in [1.29, 1.82) is 0 Å². The molecule has 7 heteroatoms. The van der Waals surface area contributed by atoms with Crippen molar-refractivity contribution in [1.82, 2.24) is 19.7 Å². The van der Waals surface area contributed by atoms with Gasteiger partial charge in [0.2, 0.25) is 0 Å². The van der Waals surface area contributed by atoms with Crippen LogP contribution in [0.15, 0.2) is 18.6 Å². The normalized spacial score (nSPS) is 20.8. The van der Waals surface area contributed by atoms with Crippen LogP contribution < -0.4 is 5.32 Å². The summed E-state index contributed by atoms with van der Waals surface area (Å²) in [7, 11) is 0. The molecule has 1 N–H and O–H groups in total. The van der Waals surface area contributed by atoms with Crippen LogP contribution in [0.1, 0.15) is 37.8 Å². The highest BCUT2D eigenvalue weighted by Crippen LogP contribution is 2.34. The molecule has 2 aromatic rings. The van der Waals surface area contributed by atoms with Gasteiger partial charge in [-0.05, 0) is 25.8 Å². The van der Waals surface area contributed by atoms with E-state index in [0.717, 1.165) is 18.7 Å². The van der Waals surface area contributed by atoms with Crippen LogP contribution in [0, 0.1) is 11.7 Å². The van der Waals surface area contributed by atoms with E-state index in [-0.39, 0.29) is 23.7 Å². The zero-order valence-corrected chi connectivity index (χ0v) is 13.5. The Morgan fingerprint density at radius 1 is 1.39 bits per heavy atom. The molecule has 1 aliphatic rings. The van der Waals surface area contributed by atoms with Crippen molar-refractivity contribution in [2.75, 3.05) is 18.5 Å². The molecule has 0 bridgehead atoms. The maximum Gasteiger partial charge on any atom is 0.186 e. The number of aryl methyl sites for hydroxylation is 2. The van der Waals surface area contributed by atoms with E-state index in [1.54, 1.807) is 6.20 Å². The van der Waals surface area contributed by atoms with Crippen LogP contribution in [-0.2, 0) is 17.7 Å². The smallest absolute Gasteiger partial charge is 0.186 e. The minimum atomic E-state index is -0.357. The molecular formula is C16H22FN5O. The molecule has 2 atom stereocenters. The van der Waals surface area contributed by atoms with Crippen LogP contribution >= 0.6 is 0 Å². The number of halogens is 1. The number of nitrogens with zero attached hydrogens (tertiary/aromatic N) is 4. The van der Waals surface area contributed by atoms with Crippen LogP contribution in [-0.4, -0.2) is 32.9 Å². The number of anilines is 1. The number of ether oxygens (including phenoxy) is 1. The van der Waals surface area contributed by atoms with E-state index < -0.39 is 0 Å². The van der Waals surface area contributed by atoms with E-state index in [4.69, 9.17) is 4.74 Å². The first-order valence-electron chi connectivity index (χ1n) is 8.11. The third-order valence-corrected chi connectivity index (χ3v) is 4.28. The van der Waals surface area contributed by atoms with Crippen molar-refractivity contribution in [3.63, 3.8) is 0 Å². The lowest BCUT2D eigenvalue weighted by Crippen LogP contribution is -2.21. The van der Waals surface area contributed by atoms with Gasteiger partial charge in [0.05, 0.1) is 11.4 Å². The van der Waals surface area contributed by atoms with Crippen molar-refractivity contribution in [2.24, 2.45) is 5.92 Å². The largest absolute Gasteiger partial charge is 0.372 e. The van der Waals surface area contributed by atoms with E-state index in [1.165, 1.54) is 6.33 Å². The van der Waals surface area contributed by atoms with E-state index in [9.17, 15) is 4.39 Å². The molecule has 0 spiro atoms. The van der Waals surface area contributed by atoms with E-state index in [1.807, 2.05) is 17.7 Å². The Kier molecular flexibility index (Phi) is 4.85. The van der Waals surface area contributed by atoms with Gasteiger partial charge in [0.25, 0.3) is 0 Å². The highest BCUT2D eigenvalue weighted by molar-refractivity contribution is 5.37. The summed E-state index contributed by atoms with van der Waals surface area (Å²) in [5, 5.41) is 7.43. The molecule has 124 valence electrons. The summed E-state index contributed by atoms with van der Waals surface area (Å²) in [6.45, 7) is 6.06. The highest BCUT2D eigenvalue weighted by Gasteiger charge is 2.32. The number of rotatable bonds is 6. The standard InChI is InChI=1S/C16H22FN5O/c1-3-12-14(17)16(20-10-19-12)18-9-11-6-8-23-15(11)13-5-7-21-22(13)4-2/h5,7,10-11,15H,3-4,6,8-9H2,1-2H3,(H,18,19,20)/t11-,15+/m0/s1. The molecule has 0 saturated carbocycles. The monoisotopic (exact) mass is 319 g/mol. The van der Waals surface area contributed by atoms with E-state index in [2.05, 4.69) is 27.3 Å². The number of aromatic nitrogens is 4. The third-order valence-electron chi connectivity index (χ3n) is 4.28. The molecule has 0 aromatic carbocycles. The Hall–Kier alpha value is -2.02. The fraction of sp³-hybridized carbons (Fsp3) is 0.562. The van der Waals surface area contributed by atoms with E-state index >= 15 is 0 Å². The summed E-state index contributed by atoms with van der Waals surface area (Å²) < 4.78 is 22.0. The van der Waals surface area contributed by atoms with Crippen molar-refractivity contribution in [3.05, 3.63) is 35.8 Å². The van der Waals surface area contributed by atoms with Crippen LogP contribution in [0.5, 0.6) is 0 Å². The lowest BCUT2D eigenvalue weighted by Gasteiger charge is -2.20. The second kappa shape index (κ2) is 7.04. The number of nitrogens with one attached hydrogen (secondary N) is 1. The minimum absolute atomic E-state index is 0.0134. The predicted octanol–water partition coefficient (Wildman–Crippen LogP) is 2.58. The first-order chi connectivity index (χ1) is 11.2. The molecule has 3 rings (SSSR count). The molecule has 2 aromatic heterocycles. The first kappa shape index (κ1) is 15.9. The van der Waals surface area contributed by atoms with Gasteiger partial charge in [-0.3, -0.25) is 4.68 Å². The molecule has 0 radical (unpaired) electrons. The zero-order valence-electron chi connectivity index (χ0n) is 13.5. The van der Waals surface area contributed by atoms with Gasteiger partial charge in [0.1, 0.15) is 12.4 Å². The van der Waals surface area contributed by atoms with Gasteiger partial charge in [-0.2, -0.15) is 5.10 Å². The van der Waals surface area contributed by atoms with Crippen molar-refractivity contribution < 1.29 is 9.13 Å². The van der Waals surface area contributed by atoms with E-state index in [0.29, 0.717) is 25.3 Å².